The maximum atomic E-state index is 6.32. The third-order valence-electron chi connectivity index (χ3n) is 3.32. The molecule has 0 amide bonds. The summed E-state index contributed by atoms with van der Waals surface area (Å²) < 4.78 is 10.7. The maximum Gasteiger partial charge on any atom is 0.123 e. The zero-order valence-electron chi connectivity index (χ0n) is 10.4. The standard InChI is InChI=1S/C13H18ClNO2.ClH/c1-16-12-3-2-10(14)8-11(12)13(15)9-4-6-17-7-5-9;/h2-3,8-9,13H,4-7,15H2,1H3;1H/t13-;/m1./s1. The number of halogens is 2. The van der Waals surface area contributed by atoms with Crippen molar-refractivity contribution in [2.24, 2.45) is 11.7 Å². The summed E-state index contributed by atoms with van der Waals surface area (Å²) in [6, 6.07) is 5.56. The Balaban J connectivity index is 0.00000162. The van der Waals surface area contributed by atoms with Crippen LogP contribution in [-0.2, 0) is 4.74 Å². The third kappa shape index (κ3) is 3.51. The molecule has 1 aromatic carbocycles. The molecule has 1 fully saturated rings. The van der Waals surface area contributed by atoms with E-state index in [1.807, 2.05) is 18.2 Å². The molecule has 1 heterocycles. The first-order valence-corrected chi connectivity index (χ1v) is 6.27. The summed E-state index contributed by atoms with van der Waals surface area (Å²) in [5.41, 5.74) is 7.31. The Morgan fingerprint density at radius 2 is 2.06 bits per heavy atom. The normalized spacial score (nSPS) is 17.9. The smallest absolute Gasteiger partial charge is 0.123 e. The zero-order valence-corrected chi connectivity index (χ0v) is 12.0. The van der Waals surface area contributed by atoms with Gasteiger partial charge in [-0.25, -0.2) is 0 Å². The molecule has 1 atom stereocenters. The summed E-state index contributed by atoms with van der Waals surface area (Å²) in [4.78, 5) is 0. The van der Waals surface area contributed by atoms with Crippen LogP contribution >= 0.6 is 24.0 Å². The molecule has 18 heavy (non-hydrogen) atoms. The fourth-order valence-electron chi connectivity index (χ4n) is 2.29. The van der Waals surface area contributed by atoms with E-state index in [1.165, 1.54) is 0 Å². The minimum atomic E-state index is -0.0347. The van der Waals surface area contributed by atoms with Crippen LogP contribution in [0.3, 0.4) is 0 Å². The van der Waals surface area contributed by atoms with Crippen molar-refractivity contribution in [1.82, 2.24) is 0 Å². The largest absolute Gasteiger partial charge is 0.496 e. The van der Waals surface area contributed by atoms with E-state index in [-0.39, 0.29) is 18.4 Å². The molecule has 0 aromatic heterocycles. The van der Waals surface area contributed by atoms with Crippen molar-refractivity contribution in [2.75, 3.05) is 20.3 Å². The van der Waals surface area contributed by atoms with Crippen molar-refractivity contribution in [2.45, 2.75) is 18.9 Å². The number of hydrogen-bond acceptors (Lipinski definition) is 3. The molecule has 1 aliphatic rings. The van der Waals surface area contributed by atoms with E-state index < -0.39 is 0 Å². The van der Waals surface area contributed by atoms with Crippen molar-refractivity contribution in [1.29, 1.82) is 0 Å². The molecule has 0 unspecified atom stereocenters. The lowest BCUT2D eigenvalue weighted by Gasteiger charge is -2.28. The first-order valence-electron chi connectivity index (χ1n) is 5.89. The van der Waals surface area contributed by atoms with Gasteiger partial charge in [0, 0.05) is 29.8 Å². The molecular weight excluding hydrogens is 273 g/mol. The summed E-state index contributed by atoms with van der Waals surface area (Å²) >= 11 is 6.02. The van der Waals surface area contributed by atoms with Crippen LogP contribution in [0.4, 0.5) is 0 Å². The Hall–Kier alpha value is -0.480. The summed E-state index contributed by atoms with van der Waals surface area (Å²) in [7, 11) is 1.66. The molecule has 3 nitrogen and oxygen atoms in total. The Labute approximate surface area is 119 Å². The van der Waals surface area contributed by atoms with Gasteiger partial charge >= 0.3 is 0 Å². The van der Waals surface area contributed by atoms with Gasteiger partial charge in [-0.2, -0.15) is 0 Å². The van der Waals surface area contributed by atoms with Crippen LogP contribution in [0.5, 0.6) is 5.75 Å². The average molecular weight is 292 g/mol. The fourth-order valence-corrected chi connectivity index (χ4v) is 2.48. The highest BCUT2D eigenvalue weighted by Gasteiger charge is 2.24. The second kappa shape index (κ2) is 7.19. The van der Waals surface area contributed by atoms with Crippen molar-refractivity contribution in [3.8, 4) is 5.75 Å². The fraction of sp³-hybridized carbons (Fsp3) is 0.538. The van der Waals surface area contributed by atoms with Gasteiger partial charge in [0.1, 0.15) is 5.75 Å². The average Bonchev–Trinajstić information content (AvgIpc) is 2.39. The number of benzene rings is 1. The van der Waals surface area contributed by atoms with Crippen molar-refractivity contribution in [3.05, 3.63) is 28.8 Å². The molecule has 0 radical (unpaired) electrons. The summed E-state index contributed by atoms with van der Waals surface area (Å²) in [6.45, 7) is 1.59. The van der Waals surface area contributed by atoms with Crippen LogP contribution in [0.15, 0.2) is 18.2 Å². The Morgan fingerprint density at radius 3 is 2.67 bits per heavy atom. The molecule has 2 rings (SSSR count). The van der Waals surface area contributed by atoms with E-state index in [9.17, 15) is 0 Å². The van der Waals surface area contributed by atoms with Crippen LogP contribution in [0.25, 0.3) is 0 Å². The highest BCUT2D eigenvalue weighted by molar-refractivity contribution is 6.30. The highest BCUT2D eigenvalue weighted by atomic mass is 35.5. The zero-order chi connectivity index (χ0) is 12.3. The molecule has 5 heteroatoms. The topological polar surface area (TPSA) is 44.5 Å². The number of rotatable bonds is 3. The summed E-state index contributed by atoms with van der Waals surface area (Å²) in [5, 5.41) is 0.698. The minimum absolute atomic E-state index is 0. The van der Waals surface area contributed by atoms with Crippen LogP contribution in [0.2, 0.25) is 5.02 Å². The number of nitrogens with two attached hydrogens (primary N) is 1. The van der Waals surface area contributed by atoms with Crippen molar-refractivity contribution < 1.29 is 9.47 Å². The van der Waals surface area contributed by atoms with Crippen LogP contribution in [0, 0.1) is 5.92 Å². The lowest BCUT2D eigenvalue weighted by Crippen LogP contribution is -2.27. The molecule has 0 saturated carbocycles. The second-order valence-corrected chi connectivity index (χ2v) is 4.80. The molecule has 1 aliphatic heterocycles. The van der Waals surface area contributed by atoms with Gasteiger partial charge in [0.2, 0.25) is 0 Å². The van der Waals surface area contributed by atoms with Gasteiger partial charge in [-0.3, -0.25) is 0 Å². The molecular formula is C13H19Cl2NO2. The molecule has 1 saturated heterocycles. The van der Waals surface area contributed by atoms with Gasteiger partial charge in [-0.15, -0.1) is 12.4 Å². The second-order valence-electron chi connectivity index (χ2n) is 4.36. The summed E-state index contributed by atoms with van der Waals surface area (Å²) in [5.74, 6) is 1.25. The monoisotopic (exact) mass is 291 g/mol. The number of methoxy groups -OCH3 is 1. The van der Waals surface area contributed by atoms with E-state index in [0.29, 0.717) is 10.9 Å². The van der Waals surface area contributed by atoms with Crippen LogP contribution in [0.1, 0.15) is 24.4 Å². The molecule has 0 bridgehead atoms. The van der Waals surface area contributed by atoms with Gasteiger partial charge in [0.25, 0.3) is 0 Å². The van der Waals surface area contributed by atoms with Crippen LogP contribution in [-0.4, -0.2) is 20.3 Å². The van der Waals surface area contributed by atoms with Gasteiger partial charge in [-0.1, -0.05) is 11.6 Å². The van der Waals surface area contributed by atoms with E-state index >= 15 is 0 Å². The van der Waals surface area contributed by atoms with Gasteiger partial charge in [-0.05, 0) is 37.0 Å². The van der Waals surface area contributed by atoms with Crippen molar-refractivity contribution >= 4 is 24.0 Å². The number of ether oxygens (including phenoxy) is 2. The predicted octanol–water partition coefficient (Wildman–Crippen LogP) is 3.20. The third-order valence-corrected chi connectivity index (χ3v) is 3.56. The highest BCUT2D eigenvalue weighted by Crippen LogP contribution is 2.34. The minimum Gasteiger partial charge on any atom is -0.496 e. The Kier molecular flexibility index (Phi) is 6.22. The summed E-state index contributed by atoms with van der Waals surface area (Å²) in [6.07, 6.45) is 1.99. The Morgan fingerprint density at radius 1 is 1.39 bits per heavy atom. The molecule has 0 aliphatic carbocycles. The van der Waals surface area contributed by atoms with E-state index in [4.69, 9.17) is 26.8 Å². The SMILES string of the molecule is COc1ccc(Cl)cc1[C@H](N)C1CCOCC1.Cl. The Bertz CT molecular complexity index is 381. The molecule has 1 aromatic rings. The molecule has 102 valence electrons. The lowest BCUT2D eigenvalue weighted by atomic mass is 9.87. The lowest BCUT2D eigenvalue weighted by molar-refractivity contribution is 0.0581. The molecule has 2 N–H and O–H groups in total. The number of hydrogen-bond donors (Lipinski definition) is 1. The van der Waals surface area contributed by atoms with E-state index in [2.05, 4.69) is 0 Å². The van der Waals surface area contributed by atoms with Gasteiger partial charge in [0.05, 0.1) is 7.11 Å². The predicted molar refractivity (Wildman–Crippen MR) is 75.7 cm³/mol. The van der Waals surface area contributed by atoms with E-state index in [1.54, 1.807) is 7.11 Å². The first kappa shape index (κ1) is 15.6. The van der Waals surface area contributed by atoms with Crippen LogP contribution < -0.4 is 10.5 Å². The van der Waals surface area contributed by atoms with Gasteiger partial charge < -0.3 is 15.2 Å². The quantitative estimate of drug-likeness (QED) is 0.930. The van der Waals surface area contributed by atoms with Crippen molar-refractivity contribution in [3.63, 3.8) is 0 Å². The maximum absolute atomic E-state index is 6.32. The van der Waals surface area contributed by atoms with Gasteiger partial charge in [0.15, 0.2) is 0 Å². The van der Waals surface area contributed by atoms with E-state index in [0.717, 1.165) is 37.4 Å². The molecule has 0 spiro atoms. The first-order chi connectivity index (χ1) is 8.22.